The lowest BCUT2D eigenvalue weighted by molar-refractivity contribution is -0.135. The molecular weight excluding hydrogens is 414 g/mol. The summed E-state index contributed by atoms with van der Waals surface area (Å²) in [5, 5.41) is 5.79. The number of amides is 2. The number of halogens is 3. The molecule has 0 spiro atoms. The van der Waals surface area contributed by atoms with Crippen molar-refractivity contribution in [2.24, 2.45) is 11.3 Å². The maximum absolute atomic E-state index is 13.4. The van der Waals surface area contributed by atoms with Crippen LogP contribution in [0.3, 0.4) is 0 Å². The van der Waals surface area contributed by atoms with Gasteiger partial charge in [0.1, 0.15) is 17.4 Å². The second-order valence-corrected chi connectivity index (χ2v) is 8.41. The normalized spacial score (nSPS) is 24.1. The molecule has 5 rings (SSSR count). The van der Waals surface area contributed by atoms with Crippen molar-refractivity contribution in [3.63, 3.8) is 0 Å². The van der Waals surface area contributed by atoms with Crippen molar-refractivity contribution in [2.75, 3.05) is 6.61 Å². The quantitative estimate of drug-likeness (QED) is 0.699. The molecular formula is C22H21ClF2N2O3. The molecule has 2 aromatic rings. The zero-order valence-corrected chi connectivity index (χ0v) is 16.8. The predicted octanol–water partition coefficient (Wildman–Crippen LogP) is 3.60. The Balaban J connectivity index is 1.25. The number of hydrogen-bond acceptors (Lipinski definition) is 3. The van der Waals surface area contributed by atoms with Gasteiger partial charge in [-0.1, -0.05) is 23.7 Å². The minimum absolute atomic E-state index is 0.0153. The minimum Gasteiger partial charge on any atom is -0.484 e. The van der Waals surface area contributed by atoms with Gasteiger partial charge in [0, 0.05) is 18.7 Å². The summed E-state index contributed by atoms with van der Waals surface area (Å²) < 4.78 is 32.0. The van der Waals surface area contributed by atoms with Crippen molar-refractivity contribution >= 4 is 23.4 Å². The third kappa shape index (κ3) is 4.26. The third-order valence-electron chi connectivity index (χ3n) is 5.92. The first kappa shape index (κ1) is 20.6. The second-order valence-electron chi connectivity index (χ2n) is 8.00. The molecule has 8 heteroatoms. The molecule has 0 aliphatic heterocycles. The van der Waals surface area contributed by atoms with Crippen LogP contribution in [-0.4, -0.2) is 24.5 Å². The SMILES string of the molecule is O=C(COc1ccc(Cl)c(F)c1)NC1CC2(C(=O)NCc3cccc(F)c3)CC1C2. The van der Waals surface area contributed by atoms with Crippen molar-refractivity contribution in [2.45, 2.75) is 31.8 Å². The Hall–Kier alpha value is -2.67. The van der Waals surface area contributed by atoms with Gasteiger partial charge in [0.25, 0.3) is 5.91 Å². The van der Waals surface area contributed by atoms with Gasteiger partial charge in [0.05, 0.1) is 10.4 Å². The lowest BCUT2D eigenvalue weighted by Gasteiger charge is -2.36. The first-order valence-electron chi connectivity index (χ1n) is 9.75. The van der Waals surface area contributed by atoms with Crippen LogP contribution < -0.4 is 15.4 Å². The summed E-state index contributed by atoms with van der Waals surface area (Å²) in [6, 6.07) is 10.0. The molecule has 2 bridgehead atoms. The number of hydrogen-bond donors (Lipinski definition) is 2. The zero-order chi connectivity index (χ0) is 21.3. The van der Waals surface area contributed by atoms with E-state index in [1.165, 1.54) is 24.3 Å². The van der Waals surface area contributed by atoms with E-state index in [0.717, 1.165) is 18.9 Å². The van der Waals surface area contributed by atoms with Crippen molar-refractivity contribution in [1.82, 2.24) is 10.6 Å². The molecule has 1 unspecified atom stereocenters. The van der Waals surface area contributed by atoms with Crippen molar-refractivity contribution in [3.8, 4) is 5.75 Å². The Morgan fingerprint density at radius 1 is 1.13 bits per heavy atom. The molecule has 2 N–H and O–H groups in total. The average Bonchev–Trinajstić information content (AvgIpc) is 3.22. The van der Waals surface area contributed by atoms with E-state index in [2.05, 4.69) is 10.6 Å². The number of benzene rings is 2. The molecule has 30 heavy (non-hydrogen) atoms. The summed E-state index contributed by atoms with van der Waals surface area (Å²) in [5.41, 5.74) is 0.227. The highest BCUT2D eigenvalue weighted by molar-refractivity contribution is 6.30. The third-order valence-corrected chi connectivity index (χ3v) is 6.22. The summed E-state index contributed by atoms with van der Waals surface area (Å²) >= 11 is 5.62. The van der Waals surface area contributed by atoms with Crippen LogP contribution in [0.4, 0.5) is 8.78 Å². The van der Waals surface area contributed by atoms with Crippen LogP contribution in [0.15, 0.2) is 42.5 Å². The summed E-state index contributed by atoms with van der Waals surface area (Å²) in [6.45, 7) is 0.0224. The number of carbonyl (C=O) groups is 2. The van der Waals surface area contributed by atoms with Gasteiger partial charge >= 0.3 is 0 Å². The van der Waals surface area contributed by atoms with Crippen molar-refractivity contribution in [3.05, 3.63) is 64.7 Å². The molecule has 0 saturated heterocycles. The molecule has 2 amide bonds. The topological polar surface area (TPSA) is 67.4 Å². The smallest absolute Gasteiger partial charge is 0.258 e. The molecule has 3 aliphatic rings. The largest absolute Gasteiger partial charge is 0.484 e. The molecule has 2 aromatic carbocycles. The molecule has 0 heterocycles. The number of nitrogens with one attached hydrogen (secondary N) is 2. The molecule has 0 radical (unpaired) electrons. The van der Waals surface area contributed by atoms with Crippen molar-refractivity contribution in [1.29, 1.82) is 0 Å². The Morgan fingerprint density at radius 3 is 2.67 bits per heavy atom. The molecule has 5 nitrogen and oxygen atoms in total. The molecule has 158 valence electrons. The van der Waals surface area contributed by atoms with Crippen molar-refractivity contribution < 1.29 is 23.1 Å². The summed E-state index contributed by atoms with van der Waals surface area (Å²) in [4.78, 5) is 24.9. The first-order chi connectivity index (χ1) is 14.3. The van der Waals surface area contributed by atoms with E-state index in [4.69, 9.17) is 16.3 Å². The first-order valence-corrected chi connectivity index (χ1v) is 10.1. The molecule has 3 aliphatic carbocycles. The Labute approximate surface area is 177 Å². The molecule has 0 aromatic heterocycles. The van der Waals surface area contributed by atoms with E-state index >= 15 is 0 Å². The number of rotatable bonds is 7. The fourth-order valence-corrected chi connectivity index (χ4v) is 4.53. The number of ether oxygens (including phenoxy) is 1. The summed E-state index contributed by atoms with van der Waals surface area (Å²) in [5.74, 6) is -0.864. The monoisotopic (exact) mass is 434 g/mol. The van der Waals surface area contributed by atoms with Crippen LogP contribution in [0.2, 0.25) is 5.02 Å². The fourth-order valence-electron chi connectivity index (χ4n) is 4.41. The lowest BCUT2D eigenvalue weighted by Crippen LogP contribution is -2.44. The molecule has 3 fully saturated rings. The van der Waals surface area contributed by atoms with E-state index in [-0.39, 0.29) is 53.5 Å². The maximum Gasteiger partial charge on any atom is 0.258 e. The van der Waals surface area contributed by atoms with E-state index in [0.29, 0.717) is 12.0 Å². The molecule has 1 atom stereocenters. The number of carbonyl (C=O) groups excluding carboxylic acids is 2. The Morgan fingerprint density at radius 2 is 1.93 bits per heavy atom. The van der Waals surface area contributed by atoms with E-state index in [1.807, 2.05) is 0 Å². The minimum atomic E-state index is -0.614. The van der Waals surface area contributed by atoms with Gasteiger partial charge in [-0.25, -0.2) is 8.78 Å². The van der Waals surface area contributed by atoms with Gasteiger partial charge in [0.2, 0.25) is 5.91 Å². The van der Waals surface area contributed by atoms with Crippen LogP contribution in [0, 0.1) is 23.0 Å². The van der Waals surface area contributed by atoms with Crippen LogP contribution in [0.1, 0.15) is 24.8 Å². The average molecular weight is 435 g/mol. The Kier molecular flexibility index (Phi) is 5.64. The van der Waals surface area contributed by atoms with Gasteiger partial charge in [-0.3, -0.25) is 9.59 Å². The highest BCUT2D eigenvalue weighted by Gasteiger charge is 2.60. The van der Waals surface area contributed by atoms with Gasteiger partial charge in [-0.2, -0.15) is 0 Å². The van der Waals surface area contributed by atoms with Gasteiger partial charge in [0.15, 0.2) is 6.61 Å². The van der Waals surface area contributed by atoms with Crippen LogP contribution in [0.5, 0.6) is 5.75 Å². The van der Waals surface area contributed by atoms with Gasteiger partial charge in [-0.15, -0.1) is 0 Å². The highest BCUT2D eigenvalue weighted by atomic mass is 35.5. The summed E-state index contributed by atoms with van der Waals surface area (Å²) in [6.07, 6.45) is 2.00. The maximum atomic E-state index is 13.4. The zero-order valence-electron chi connectivity index (χ0n) is 16.1. The van der Waals surface area contributed by atoms with E-state index in [1.54, 1.807) is 12.1 Å². The standard InChI is InChI=1S/C22H21ClF2N2O3/c23-17-5-4-16(7-18(17)25)30-12-20(28)27-19-10-22(8-14(19)9-22)21(29)26-11-13-2-1-3-15(24)6-13/h1-7,14,19H,8-12H2,(H,26,29)(H,27,28). The highest BCUT2D eigenvalue weighted by Crippen LogP contribution is 2.58. The van der Waals surface area contributed by atoms with Crippen LogP contribution >= 0.6 is 11.6 Å². The van der Waals surface area contributed by atoms with Crippen LogP contribution in [0.25, 0.3) is 0 Å². The second kappa shape index (κ2) is 8.22. The lowest BCUT2D eigenvalue weighted by atomic mass is 9.69. The van der Waals surface area contributed by atoms with E-state index < -0.39 is 11.2 Å². The Bertz CT molecular complexity index is 979. The molecule has 3 saturated carbocycles. The summed E-state index contributed by atoms with van der Waals surface area (Å²) in [7, 11) is 0. The van der Waals surface area contributed by atoms with Crippen LogP contribution in [-0.2, 0) is 16.1 Å². The van der Waals surface area contributed by atoms with Gasteiger partial charge < -0.3 is 15.4 Å². The predicted molar refractivity (Wildman–Crippen MR) is 107 cm³/mol. The number of fused-ring (bicyclic) bond motifs is 1. The van der Waals surface area contributed by atoms with Gasteiger partial charge in [-0.05, 0) is 55.0 Å². The fraction of sp³-hybridized carbons (Fsp3) is 0.364. The van der Waals surface area contributed by atoms with E-state index in [9.17, 15) is 18.4 Å².